The molecule has 2 heterocycles. The van der Waals surface area contributed by atoms with Gasteiger partial charge in [0.05, 0.1) is 19.5 Å². The molecule has 2 atom stereocenters. The summed E-state index contributed by atoms with van der Waals surface area (Å²) in [5.41, 5.74) is -0.313. The lowest BCUT2D eigenvalue weighted by molar-refractivity contribution is -0.152. The first-order valence-electron chi connectivity index (χ1n) is 7.27. The summed E-state index contributed by atoms with van der Waals surface area (Å²) in [6.45, 7) is -0.868. The smallest absolute Gasteiger partial charge is 0.407 e. The van der Waals surface area contributed by atoms with E-state index in [2.05, 4.69) is 10.1 Å². The normalized spacial score (nSPS) is 24.0. The number of esters is 1. The molecule has 1 fully saturated rings. The molecule has 2 aliphatic rings. The van der Waals surface area contributed by atoms with Crippen molar-refractivity contribution in [2.45, 2.75) is 15.2 Å². The van der Waals surface area contributed by atoms with Crippen LogP contribution in [0.3, 0.4) is 0 Å². The van der Waals surface area contributed by atoms with Gasteiger partial charge in [-0.15, -0.1) is 0 Å². The van der Waals surface area contributed by atoms with Crippen LogP contribution in [0.15, 0.2) is 11.3 Å². The average molecular weight is 466 g/mol. The maximum Gasteiger partial charge on any atom is 0.407 e. The number of rotatable bonds is 5. The van der Waals surface area contributed by atoms with E-state index in [1.807, 2.05) is 0 Å². The van der Waals surface area contributed by atoms with Crippen LogP contribution in [-0.2, 0) is 33.6 Å². The number of alkyl carbamates (subject to hydrolysis) is 1. The molecular formula is C13H15Cl3N2O8S. The van der Waals surface area contributed by atoms with Gasteiger partial charge >= 0.3 is 12.1 Å². The quantitative estimate of drug-likeness (QED) is 0.344. The molecule has 1 N–H and O–H groups in total. The van der Waals surface area contributed by atoms with E-state index in [0.29, 0.717) is 0 Å². The molecule has 0 aromatic carbocycles. The van der Waals surface area contributed by atoms with Crippen LogP contribution in [0.25, 0.3) is 0 Å². The number of carbonyl (C=O) groups excluding carboxylic acids is 3. The van der Waals surface area contributed by atoms with E-state index in [1.54, 1.807) is 0 Å². The summed E-state index contributed by atoms with van der Waals surface area (Å²) >= 11 is 16.6. The molecule has 0 aliphatic carbocycles. The fraction of sp³-hybridized carbons (Fsp3) is 0.615. The number of alkyl halides is 3. The van der Waals surface area contributed by atoms with Gasteiger partial charge in [-0.05, 0) is 0 Å². The largest absolute Gasteiger partial charge is 0.456 e. The summed E-state index contributed by atoms with van der Waals surface area (Å²) < 4.78 is 37.4. The monoisotopic (exact) mass is 464 g/mol. The second kappa shape index (κ2) is 8.00. The number of sulfone groups is 1. The van der Waals surface area contributed by atoms with Crippen molar-refractivity contribution in [2.24, 2.45) is 0 Å². The van der Waals surface area contributed by atoms with E-state index >= 15 is 0 Å². The van der Waals surface area contributed by atoms with Gasteiger partial charge in [0.15, 0.2) is 15.2 Å². The van der Waals surface area contributed by atoms with Crippen LogP contribution in [0.1, 0.15) is 0 Å². The van der Waals surface area contributed by atoms with Crippen LogP contribution in [0.4, 0.5) is 4.79 Å². The number of nitrogens with one attached hydrogen (secondary N) is 1. The summed E-state index contributed by atoms with van der Waals surface area (Å²) in [7, 11) is -1.59. The van der Waals surface area contributed by atoms with Crippen molar-refractivity contribution < 1.29 is 37.0 Å². The maximum atomic E-state index is 12.5. The number of β-lactam (4-membered cyclic amide) rings is 1. The minimum Gasteiger partial charge on any atom is -0.456 e. The van der Waals surface area contributed by atoms with Gasteiger partial charge in [-0.3, -0.25) is 9.69 Å². The van der Waals surface area contributed by atoms with Gasteiger partial charge in [-0.25, -0.2) is 18.0 Å². The molecule has 14 heteroatoms. The minimum absolute atomic E-state index is 0.00735. The predicted molar refractivity (Wildman–Crippen MR) is 93.9 cm³/mol. The SMILES string of the molecule is COCC1=C(C(=O)OCC(Cl)(Cl)Cl)N2C(=O)C(NC(=O)OC)C2S(=O)(=O)C1. The number of hydrogen-bond donors (Lipinski definition) is 1. The fourth-order valence-electron chi connectivity index (χ4n) is 2.70. The van der Waals surface area contributed by atoms with Crippen LogP contribution in [0.2, 0.25) is 0 Å². The molecule has 1 saturated heterocycles. The Labute approximate surface area is 169 Å². The van der Waals surface area contributed by atoms with E-state index in [9.17, 15) is 22.8 Å². The Kier molecular flexibility index (Phi) is 6.52. The van der Waals surface area contributed by atoms with Crippen molar-refractivity contribution in [3.8, 4) is 0 Å². The lowest BCUT2D eigenvalue weighted by atomic mass is 10.0. The number of fused-ring (bicyclic) bond motifs is 1. The summed E-state index contributed by atoms with van der Waals surface area (Å²) in [6, 6.07) is -1.40. The number of carbonyl (C=O) groups is 3. The molecule has 0 bridgehead atoms. The van der Waals surface area contributed by atoms with E-state index < -0.39 is 55.4 Å². The van der Waals surface area contributed by atoms with E-state index in [-0.39, 0.29) is 17.9 Å². The number of amides is 2. The molecule has 10 nitrogen and oxygen atoms in total. The second-order valence-electron chi connectivity index (χ2n) is 5.60. The Morgan fingerprint density at radius 3 is 2.44 bits per heavy atom. The van der Waals surface area contributed by atoms with Gasteiger partial charge in [0, 0.05) is 12.7 Å². The van der Waals surface area contributed by atoms with Crippen molar-refractivity contribution in [3.63, 3.8) is 0 Å². The van der Waals surface area contributed by atoms with Crippen LogP contribution in [0.5, 0.6) is 0 Å². The van der Waals surface area contributed by atoms with Gasteiger partial charge in [0.25, 0.3) is 5.91 Å². The number of methoxy groups -OCH3 is 2. The lowest BCUT2D eigenvalue weighted by Crippen LogP contribution is -2.75. The molecule has 0 saturated carbocycles. The standard InChI is InChI=1S/C13H15Cl3N2O8S/c1-24-3-6-4-27(22,23)10-7(17-12(21)25-2)9(19)18(10)8(6)11(20)26-5-13(14,15)16/h7,10H,3-5H2,1-2H3,(H,17,21). The first-order valence-corrected chi connectivity index (χ1v) is 10.1. The van der Waals surface area contributed by atoms with Crippen LogP contribution >= 0.6 is 34.8 Å². The molecule has 152 valence electrons. The zero-order chi connectivity index (χ0) is 20.6. The predicted octanol–water partition coefficient (Wildman–Crippen LogP) is 0.122. The van der Waals surface area contributed by atoms with Crippen LogP contribution in [0, 0.1) is 0 Å². The summed E-state index contributed by atoms with van der Waals surface area (Å²) in [5, 5.41) is 0.646. The molecule has 0 spiro atoms. The molecule has 0 radical (unpaired) electrons. The molecule has 0 aromatic heterocycles. The maximum absolute atomic E-state index is 12.5. The third-order valence-corrected chi connectivity index (χ3v) is 6.00. The summed E-state index contributed by atoms with van der Waals surface area (Å²) in [4.78, 5) is 37.0. The Morgan fingerprint density at radius 2 is 1.93 bits per heavy atom. The topological polar surface area (TPSA) is 128 Å². The number of hydrogen-bond acceptors (Lipinski definition) is 8. The van der Waals surface area contributed by atoms with Gasteiger partial charge < -0.3 is 19.5 Å². The highest BCUT2D eigenvalue weighted by Crippen LogP contribution is 2.37. The molecule has 2 aliphatic heterocycles. The zero-order valence-corrected chi connectivity index (χ0v) is 17.1. The third kappa shape index (κ3) is 4.60. The van der Waals surface area contributed by atoms with Gasteiger partial charge in [0.1, 0.15) is 18.3 Å². The Morgan fingerprint density at radius 1 is 1.30 bits per heavy atom. The fourth-order valence-corrected chi connectivity index (χ4v) is 4.87. The highest BCUT2D eigenvalue weighted by atomic mass is 35.6. The van der Waals surface area contributed by atoms with Crippen LogP contribution in [-0.4, -0.2) is 79.7 Å². The molecule has 27 heavy (non-hydrogen) atoms. The van der Waals surface area contributed by atoms with E-state index in [0.717, 1.165) is 12.0 Å². The van der Waals surface area contributed by atoms with Gasteiger partial charge in [0.2, 0.25) is 3.79 Å². The molecular weight excluding hydrogens is 451 g/mol. The minimum atomic E-state index is -3.93. The van der Waals surface area contributed by atoms with Crippen molar-refractivity contribution in [1.29, 1.82) is 0 Å². The Balaban J connectivity index is 2.39. The number of halogens is 3. The second-order valence-corrected chi connectivity index (χ2v) is 10.2. The molecule has 0 aromatic rings. The van der Waals surface area contributed by atoms with Crippen LogP contribution < -0.4 is 5.32 Å². The third-order valence-electron chi connectivity index (χ3n) is 3.70. The Hall–Kier alpha value is -1.27. The van der Waals surface area contributed by atoms with Crippen molar-refractivity contribution in [2.75, 3.05) is 33.2 Å². The summed E-state index contributed by atoms with van der Waals surface area (Å²) in [5.74, 6) is -2.46. The van der Waals surface area contributed by atoms with Crippen molar-refractivity contribution in [1.82, 2.24) is 10.2 Å². The summed E-state index contributed by atoms with van der Waals surface area (Å²) in [6.07, 6.45) is -0.991. The van der Waals surface area contributed by atoms with Crippen molar-refractivity contribution >= 4 is 62.6 Å². The average Bonchev–Trinajstić information content (AvgIpc) is 2.56. The van der Waals surface area contributed by atoms with Crippen molar-refractivity contribution in [3.05, 3.63) is 11.3 Å². The number of ether oxygens (including phenoxy) is 3. The molecule has 2 unspecified atom stereocenters. The number of nitrogens with zero attached hydrogens (tertiary/aromatic N) is 1. The van der Waals surface area contributed by atoms with E-state index in [1.165, 1.54) is 7.11 Å². The zero-order valence-electron chi connectivity index (χ0n) is 14.0. The first kappa shape index (κ1) is 22.0. The Bertz CT molecular complexity index is 792. The highest BCUT2D eigenvalue weighted by molar-refractivity contribution is 7.92. The molecule has 2 amide bonds. The van der Waals surface area contributed by atoms with Gasteiger partial charge in [-0.2, -0.15) is 0 Å². The van der Waals surface area contributed by atoms with E-state index in [4.69, 9.17) is 44.3 Å². The first-order chi connectivity index (χ1) is 12.4. The molecule has 2 rings (SSSR count). The lowest BCUT2D eigenvalue weighted by Gasteiger charge is -2.49. The van der Waals surface area contributed by atoms with Gasteiger partial charge in [-0.1, -0.05) is 34.8 Å². The highest BCUT2D eigenvalue weighted by Gasteiger charge is 2.61.